The molecule has 8 rings (SSSR count). The third-order valence-electron chi connectivity index (χ3n) is 13.6. The Balaban J connectivity index is 1.00. The Morgan fingerprint density at radius 1 is 0.690 bits per heavy atom. The van der Waals surface area contributed by atoms with Crippen LogP contribution in [0.3, 0.4) is 0 Å². The fourth-order valence-electron chi connectivity index (χ4n) is 10.1. The van der Waals surface area contributed by atoms with Crippen molar-refractivity contribution in [3.63, 3.8) is 0 Å². The largest absolute Gasteiger partial charge is 0.453 e. The van der Waals surface area contributed by atoms with Gasteiger partial charge in [-0.15, -0.1) is 0 Å². The summed E-state index contributed by atoms with van der Waals surface area (Å²) in [5, 5.41) is 5.53. The van der Waals surface area contributed by atoms with Crippen molar-refractivity contribution in [2.24, 2.45) is 10.8 Å². The zero-order chi connectivity index (χ0) is 41.6. The number of aromatic amines is 2. The summed E-state index contributed by atoms with van der Waals surface area (Å²) in [7, 11) is 2.62. The summed E-state index contributed by atoms with van der Waals surface area (Å²) >= 11 is 0. The topological polar surface area (TPSA) is 175 Å². The van der Waals surface area contributed by atoms with Crippen molar-refractivity contribution in [2.45, 2.75) is 141 Å². The average Bonchev–Trinajstić information content (AvgIpc) is 4.05. The van der Waals surface area contributed by atoms with E-state index in [0.29, 0.717) is 13.1 Å². The molecule has 3 saturated carbocycles. The molecule has 5 fully saturated rings. The van der Waals surface area contributed by atoms with E-state index in [4.69, 9.17) is 19.4 Å². The number of imidazole rings is 2. The summed E-state index contributed by atoms with van der Waals surface area (Å²) < 4.78 is 9.66. The molecule has 3 aliphatic carbocycles. The fraction of sp³-hybridized carbons (Fsp3) is 0.636. The number of likely N-dealkylation sites (tertiary alicyclic amines) is 2. The molecule has 4 unspecified atom stereocenters. The van der Waals surface area contributed by atoms with Gasteiger partial charge in [0, 0.05) is 30.4 Å². The first-order chi connectivity index (χ1) is 27.5. The number of nitrogens with zero attached hydrogens (tertiary/aromatic N) is 4. The van der Waals surface area contributed by atoms with Gasteiger partial charge in [0.1, 0.15) is 23.7 Å². The lowest BCUT2D eigenvalue weighted by molar-refractivity contribution is -0.137. The number of amides is 4. The molecule has 2 bridgehead atoms. The van der Waals surface area contributed by atoms with Crippen LogP contribution in [-0.2, 0) is 29.9 Å². The normalized spacial score (nSPS) is 25.7. The highest BCUT2D eigenvalue weighted by molar-refractivity contribution is 5.87. The van der Waals surface area contributed by atoms with Crippen molar-refractivity contribution in [3.8, 4) is 11.3 Å². The van der Waals surface area contributed by atoms with Gasteiger partial charge in [0.15, 0.2) is 0 Å². The molecule has 4 N–H and O–H groups in total. The van der Waals surface area contributed by atoms with Crippen LogP contribution in [0.25, 0.3) is 11.3 Å². The highest BCUT2D eigenvalue weighted by Gasteiger charge is 2.51. The standard InChI is InChI=1S/C44H62N8O6/c1-41(2,3)33(49-39(55)57-7)37(53)51-23-9-11-30(51)35-45-25-29(47-35)27-13-15-28(16-14-27)43-17-20-44(21-18-43,22-19-43)32-26-46-36(48-32)31-12-10-24-52(31)38(54)34(42(4,5)6)50-40(56)58-8/h13-16,25-26,30-31,33-34H,9-12,17-24H2,1-8H3,(H,45,47)(H,46,48)(H,49,55)(H,50,56). The number of methoxy groups -OCH3 is 2. The molecule has 2 saturated heterocycles. The van der Waals surface area contributed by atoms with E-state index in [9.17, 15) is 19.2 Å². The van der Waals surface area contributed by atoms with Crippen LogP contribution in [0, 0.1) is 10.8 Å². The molecule has 2 aromatic heterocycles. The first-order valence-corrected chi connectivity index (χ1v) is 21.0. The molecule has 5 aliphatic rings. The van der Waals surface area contributed by atoms with Crippen LogP contribution in [-0.4, -0.2) is 93.1 Å². The van der Waals surface area contributed by atoms with Crippen molar-refractivity contribution >= 4 is 24.0 Å². The first-order valence-electron chi connectivity index (χ1n) is 21.0. The Bertz CT molecular complexity index is 1970. The van der Waals surface area contributed by atoms with E-state index in [0.717, 1.165) is 87.1 Å². The minimum absolute atomic E-state index is 0.0465. The van der Waals surface area contributed by atoms with Crippen molar-refractivity contribution < 1.29 is 28.7 Å². The number of ether oxygens (including phenoxy) is 2. The van der Waals surface area contributed by atoms with Gasteiger partial charge in [-0.05, 0) is 91.6 Å². The summed E-state index contributed by atoms with van der Waals surface area (Å²) in [5.74, 6) is 1.34. The monoisotopic (exact) mass is 798 g/mol. The summed E-state index contributed by atoms with van der Waals surface area (Å²) in [6.45, 7) is 12.9. The molecule has 14 heteroatoms. The van der Waals surface area contributed by atoms with Crippen LogP contribution in [0.1, 0.15) is 141 Å². The van der Waals surface area contributed by atoms with E-state index in [-0.39, 0.29) is 34.7 Å². The number of carbonyl (C=O) groups is 4. The van der Waals surface area contributed by atoms with E-state index >= 15 is 0 Å². The number of hydrogen-bond donors (Lipinski definition) is 4. The van der Waals surface area contributed by atoms with Crippen molar-refractivity contribution in [2.75, 3.05) is 27.3 Å². The van der Waals surface area contributed by atoms with Gasteiger partial charge < -0.3 is 39.9 Å². The van der Waals surface area contributed by atoms with Crippen LogP contribution in [0.15, 0.2) is 36.7 Å². The van der Waals surface area contributed by atoms with E-state index < -0.39 is 35.1 Å². The quantitative estimate of drug-likeness (QED) is 0.176. The van der Waals surface area contributed by atoms with Crippen LogP contribution < -0.4 is 10.6 Å². The highest BCUT2D eigenvalue weighted by atomic mass is 16.5. The van der Waals surface area contributed by atoms with Gasteiger partial charge in [-0.25, -0.2) is 19.6 Å². The summed E-state index contributed by atoms with van der Waals surface area (Å²) in [5.41, 5.74) is 3.71. The second kappa shape index (κ2) is 15.7. The second-order valence-electron chi connectivity index (χ2n) is 19.3. The van der Waals surface area contributed by atoms with Crippen LogP contribution >= 0.6 is 0 Å². The number of H-pyrrole nitrogens is 2. The Labute approximate surface area is 342 Å². The highest BCUT2D eigenvalue weighted by Crippen LogP contribution is 2.58. The molecule has 0 spiro atoms. The third kappa shape index (κ3) is 7.82. The molecule has 3 aromatic rings. The Morgan fingerprint density at radius 2 is 1.14 bits per heavy atom. The number of fused-ring (bicyclic) bond motifs is 3. The lowest BCUT2D eigenvalue weighted by Gasteiger charge is -2.53. The Kier molecular flexibility index (Phi) is 11.2. The minimum atomic E-state index is -0.727. The molecular weight excluding hydrogens is 737 g/mol. The molecule has 0 radical (unpaired) electrons. The molecule has 2 aliphatic heterocycles. The maximum Gasteiger partial charge on any atom is 0.407 e. The van der Waals surface area contributed by atoms with Crippen LogP contribution in [0.2, 0.25) is 0 Å². The number of hydrogen-bond acceptors (Lipinski definition) is 8. The lowest BCUT2D eigenvalue weighted by Crippen LogP contribution is -2.54. The van der Waals surface area contributed by atoms with Gasteiger partial charge in [-0.1, -0.05) is 65.8 Å². The molecular formula is C44H62N8O6. The van der Waals surface area contributed by atoms with Gasteiger partial charge >= 0.3 is 12.2 Å². The van der Waals surface area contributed by atoms with Gasteiger partial charge in [0.2, 0.25) is 11.8 Å². The molecule has 4 heterocycles. The molecule has 4 atom stereocenters. The van der Waals surface area contributed by atoms with Gasteiger partial charge in [-0.2, -0.15) is 0 Å². The number of aromatic nitrogens is 4. The Hall–Kier alpha value is -4.88. The average molecular weight is 799 g/mol. The van der Waals surface area contributed by atoms with E-state index in [1.807, 2.05) is 63.7 Å². The zero-order valence-electron chi connectivity index (χ0n) is 35.5. The number of alkyl carbamates (subject to hydrolysis) is 2. The summed E-state index contributed by atoms with van der Waals surface area (Å²) in [4.78, 5) is 72.6. The van der Waals surface area contributed by atoms with Gasteiger partial charge in [-0.3, -0.25) is 9.59 Å². The molecule has 14 nitrogen and oxygen atoms in total. The predicted octanol–water partition coefficient (Wildman–Crippen LogP) is 7.21. The number of nitrogens with one attached hydrogen (secondary N) is 4. The molecule has 1 aromatic carbocycles. The SMILES string of the molecule is COC(=O)NC(C(=O)N1CCCC1c1ncc(-c2ccc(C34CCC(c5cnc(C6CCCN6C(=O)C(NC(=O)OC)C(C)(C)C)[nH]5)(CC3)CC4)cc2)[nH]1)C(C)(C)C. The number of carbonyl (C=O) groups excluding carboxylic acids is 4. The summed E-state index contributed by atoms with van der Waals surface area (Å²) in [6.07, 6.45) is 12.5. The van der Waals surface area contributed by atoms with Crippen molar-refractivity contribution in [3.05, 3.63) is 59.6 Å². The molecule has 314 valence electrons. The summed E-state index contributed by atoms with van der Waals surface area (Å²) in [6, 6.07) is 7.14. The second-order valence-corrected chi connectivity index (χ2v) is 19.3. The van der Waals surface area contributed by atoms with E-state index in [1.54, 1.807) is 0 Å². The molecule has 58 heavy (non-hydrogen) atoms. The third-order valence-corrected chi connectivity index (χ3v) is 13.6. The fourth-order valence-corrected chi connectivity index (χ4v) is 10.1. The van der Waals surface area contributed by atoms with Crippen molar-refractivity contribution in [1.29, 1.82) is 0 Å². The Morgan fingerprint density at radius 3 is 1.60 bits per heavy atom. The van der Waals surface area contributed by atoms with Crippen molar-refractivity contribution in [1.82, 2.24) is 40.4 Å². The number of rotatable bonds is 9. The maximum atomic E-state index is 13.9. The van der Waals surface area contributed by atoms with Crippen LogP contribution in [0.5, 0.6) is 0 Å². The zero-order valence-corrected chi connectivity index (χ0v) is 35.5. The first kappa shape index (κ1) is 41.3. The maximum absolute atomic E-state index is 13.9. The molecule has 4 amide bonds. The minimum Gasteiger partial charge on any atom is -0.453 e. The predicted molar refractivity (Wildman–Crippen MR) is 219 cm³/mol. The van der Waals surface area contributed by atoms with E-state index in [2.05, 4.69) is 44.9 Å². The number of benzene rings is 1. The van der Waals surface area contributed by atoms with Crippen LogP contribution in [0.4, 0.5) is 9.59 Å². The van der Waals surface area contributed by atoms with E-state index in [1.165, 1.54) is 25.5 Å². The van der Waals surface area contributed by atoms with Gasteiger partial charge in [0.25, 0.3) is 0 Å². The van der Waals surface area contributed by atoms with Gasteiger partial charge in [0.05, 0.1) is 38.2 Å². The lowest BCUT2D eigenvalue weighted by atomic mass is 9.51. The smallest absolute Gasteiger partial charge is 0.407 e.